The number of nitrogens with zero attached hydrogens (tertiary/aromatic N) is 3. The molecule has 1 saturated heterocycles. The fraction of sp³-hybridized carbons (Fsp3) is 0.538. The van der Waals surface area contributed by atoms with Gasteiger partial charge in [-0.1, -0.05) is 0 Å². The Hall–Kier alpha value is -1.62. The van der Waals surface area contributed by atoms with E-state index in [-0.39, 0.29) is 5.84 Å². The SMILES string of the molecule is CC(C)N1CCN(c2ncccc2C(=N)N)CC1. The lowest BCUT2D eigenvalue weighted by Crippen LogP contribution is -2.49. The molecule has 1 aliphatic heterocycles. The Morgan fingerprint density at radius 3 is 2.56 bits per heavy atom. The normalized spacial score (nSPS) is 17.2. The molecule has 3 N–H and O–H groups in total. The highest BCUT2D eigenvalue weighted by atomic mass is 15.3. The van der Waals surface area contributed by atoms with Crippen LogP contribution in [0.3, 0.4) is 0 Å². The van der Waals surface area contributed by atoms with Gasteiger partial charge in [0.25, 0.3) is 0 Å². The first-order valence-electron chi connectivity index (χ1n) is 6.38. The lowest BCUT2D eigenvalue weighted by Gasteiger charge is -2.38. The molecule has 0 aromatic carbocycles. The second kappa shape index (κ2) is 5.35. The molecule has 0 unspecified atom stereocenters. The van der Waals surface area contributed by atoms with Gasteiger partial charge in [-0.25, -0.2) is 4.98 Å². The van der Waals surface area contributed by atoms with Crippen LogP contribution in [-0.4, -0.2) is 47.9 Å². The van der Waals surface area contributed by atoms with Crippen LogP contribution in [0.4, 0.5) is 5.82 Å². The van der Waals surface area contributed by atoms with Crippen molar-refractivity contribution in [3.8, 4) is 0 Å². The molecular formula is C13H21N5. The Morgan fingerprint density at radius 2 is 2.00 bits per heavy atom. The zero-order chi connectivity index (χ0) is 13.1. The molecule has 2 heterocycles. The summed E-state index contributed by atoms with van der Waals surface area (Å²) in [5.41, 5.74) is 6.33. The number of amidine groups is 1. The van der Waals surface area contributed by atoms with Crippen molar-refractivity contribution in [2.75, 3.05) is 31.1 Å². The standard InChI is InChI=1S/C13H21N5/c1-10(2)17-6-8-18(9-7-17)13-11(12(14)15)4-3-5-16-13/h3-5,10H,6-9H2,1-2H3,(H3,14,15). The van der Waals surface area contributed by atoms with Crippen molar-refractivity contribution in [2.24, 2.45) is 5.73 Å². The van der Waals surface area contributed by atoms with Gasteiger partial charge in [-0.15, -0.1) is 0 Å². The maximum absolute atomic E-state index is 7.60. The minimum Gasteiger partial charge on any atom is -0.384 e. The number of pyridine rings is 1. The predicted octanol–water partition coefficient (Wildman–Crippen LogP) is 0.896. The van der Waals surface area contributed by atoms with E-state index in [0.717, 1.165) is 37.6 Å². The Kier molecular flexibility index (Phi) is 3.81. The maximum Gasteiger partial charge on any atom is 0.139 e. The molecule has 18 heavy (non-hydrogen) atoms. The zero-order valence-electron chi connectivity index (χ0n) is 11.1. The van der Waals surface area contributed by atoms with Crippen LogP contribution in [0.15, 0.2) is 18.3 Å². The van der Waals surface area contributed by atoms with Gasteiger partial charge in [-0.2, -0.15) is 0 Å². The summed E-state index contributed by atoms with van der Waals surface area (Å²) < 4.78 is 0. The molecule has 5 nitrogen and oxygen atoms in total. The van der Waals surface area contributed by atoms with Crippen LogP contribution in [0.1, 0.15) is 19.4 Å². The number of aromatic nitrogens is 1. The molecule has 0 aliphatic carbocycles. The van der Waals surface area contributed by atoms with Crippen molar-refractivity contribution in [3.05, 3.63) is 23.9 Å². The molecule has 0 atom stereocenters. The largest absolute Gasteiger partial charge is 0.384 e. The molecule has 1 aromatic rings. The summed E-state index contributed by atoms with van der Waals surface area (Å²) >= 11 is 0. The van der Waals surface area contributed by atoms with Gasteiger partial charge in [0.05, 0.1) is 5.56 Å². The van der Waals surface area contributed by atoms with Gasteiger partial charge >= 0.3 is 0 Å². The van der Waals surface area contributed by atoms with Crippen LogP contribution in [0.5, 0.6) is 0 Å². The Morgan fingerprint density at radius 1 is 1.33 bits per heavy atom. The minimum absolute atomic E-state index is 0.0874. The van der Waals surface area contributed by atoms with E-state index in [4.69, 9.17) is 11.1 Å². The number of nitrogens with one attached hydrogen (secondary N) is 1. The third kappa shape index (κ3) is 2.61. The van der Waals surface area contributed by atoms with Crippen molar-refractivity contribution >= 4 is 11.7 Å². The van der Waals surface area contributed by atoms with E-state index in [9.17, 15) is 0 Å². The summed E-state index contributed by atoms with van der Waals surface area (Å²) in [6.45, 7) is 8.39. The number of hydrogen-bond donors (Lipinski definition) is 2. The Balaban J connectivity index is 2.12. The lowest BCUT2D eigenvalue weighted by molar-refractivity contribution is 0.209. The van der Waals surface area contributed by atoms with E-state index in [1.54, 1.807) is 6.20 Å². The summed E-state index contributed by atoms with van der Waals surface area (Å²) in [6, 6.07) is 4.27. The highest BCUT2D eigenvalue weighted by molar-refractivity contribution is 5.99. The van der Waals surface area contributed by atoms with Crippen molar-refractivity contribution in [1.82, 2.24) is 9.88 Å². The van der Waals surface area contributed by atoms with E-state index in [1.165, 1.54) is 0 Å². The molecule has 0 bridgehead atoms. The Bertz CT molecular complexity index is 421. The average Bonchev–Trinajstić information content (AvgIpc) is 2.39. The third-order valence-corrected chi connectivity index (χ3v) is 3.42. The van der Waals surface area contributed by atoms with Gasteiger partial charge in [-0.3, -0.25) is 10.3 Å². The van der Waals surface area contributed by atoms with E-state index in [1.807, 2.05) is 12.1 Å². The smallest absolute Gasteiger partial charge is 0.139 e. The highest BCUT2D eigenvalue weighted by Gasteiger charge is 2.21. The predicted molar refractivity (Wildman–Crippen MR) is 74.2 cm³/mol. The summed E-state index contributed by atoms with van der Waals surface area (Å²) in [5, 5.41) is 7.60. The molecule has 0 saturated carbocycles. The van der Waals surface area contributed by atoms with Crippen molar-refractivity contribution in [2.45, 2.75) is 19.9 Å². The van der Waals surface area contributed by atoms with Crippen LogP contribution < -0.4 is 10.6 Å². The number of hydrogen-bond acceptors (Lipinski definition) is 4. The first-order chi connectivity index (χ1) is 8.59. The monoisotopic (exact) mass is 247 g/mol. The molecule has 0 amide bonds. The van der Waals surface area contributed by atoms with Crippen LogP contribution in [0, 0.1) is 5.41 Å². The number of rotatable bonds is 3. The summed E-state index contributed by atoms with van der Waals surface area (Å²) in [4.78, 5) is 9.05. The highest BCUT2D eigenvalue weighted by Crippen LogP contribution is 2.19. The lowest BCUT2D eigenvalue weighted by atomic mass is 10.2. The molecule has 1 aliphatic rings. The summed E-state index contributed by atoms with van der Waals surface area (Å²) in [6.07, 6.45) is 1.76. The van der Waals surface area contributed by atoms with Crippen LogP contribution >= 0.6 is 0 Å². The van der Waals surface area contributed by atoms with E-state index in [0.29, 0.717) is 6.04 Å². The Labute approximate surface area is 108 Å². The molecule has 1 aromatic heterocycles. The number of nitrogens with two attached hydrogens (primary N) is 1. The third-order valence-electron chi connectivity index (χ3n) is 3.42. The molecular weight excluding hydrogens is 226 g/mol. The number of piperazine rings is 1. The first-order valence-corrected chi connectivity index (χ1v) is 6.38. The van der Waals surface area contributed by atoms with E-state index < -0.39 is 0 Å². The maximum atomic E-state index is 7.60. The number of nitrogen functional groups attached to an aromatic ring is 1. The van der Waals surface area contributed by atoms with E-state index >= 15 is 0 Å². The van der Waals surface area contributed by atoms with E-state index in [2.05, 4.69) is 28.6 Å². The van der Waals surface area contributed by atoms with Gasteiger partial charge in [0, 0.05) is 38.4 Å². The fourth-order valence-electron chi connectivity index (χ4n) is 2.31. The van der Waals surface area contributed by atoms with Gasteiger partial charge in [0.15, 0.2) is 0 Å². The molecule has 98 valence electrons. The fourth-order valence-corrected chi connectivity index (χ4v) is 2.31. The topological polar surface area (TPSA) is 69.2 Å². The van der Waals surface area contributed by atoms with Gasteiger partial charge in [0.2, 0.25) is 0 Å². The average molecular weight is 247 g/mol. The molecule has 1 fully saturated rings. The summed E-state index contributed by atoms with van der Waals surface area (Å²) in [7, 11) is 0. The molecule has 0 spiro atoms. The van der Waals surface area contributed by atoms with Crippen LogP contribution in [-0.2, 0) is 0 Å². The molecule has 0 radical (unpaired) electrons. The zero-order valence-corrected chi connectivity index (χ0v) is 11.1. The summed E-state index contributed by atoms with van der Waals surface area (Å²) in [5.74, 6) is 0.929. The van der Waals surface area contributed by atoms with Crippen molar-refractivity contribution in [3.63, 3.8) is 0 Å². The van der Waals surface area contributed by atoms with Gasteiger partial charge < -0.3 is 10.6 Å². The van der Waals surface area contributed by atoms with Crippen molar-refractivity contribution < 1.29 is 0 Å². The molecule has 2 rings (SSSR count). The number of anilines is 1. The van der Waals surface area contributed by atoms with Gasteiger partial charge in [-0.05, 0) is 26.0 Å². The van der Waals surface area contributed by atoms with Gasteiger partial charge in [0.1, 0.15) is 11.7 Å². The quantitative estimate of drug-likeness (QED) is 0.615. The second-order valence-electron chi connectivity index (χ2n) is 4.91. The first kappa shape index (κ1) is 12.8. The van der Waals surface area contributed by atoms with Crippen LogP contribution in [0.2, 0.25) is 0 Å². The second-order valence-corrected chi connectivity index (χ2v) is 4.91. The van der Waals surface area contributed by atoms with Crippen molar-refractivity contribution in [1.29, 1.82) is 5.41 Å². The minimum atomic E-state index is 0.0874. The van der Waals surface area contributed by atoms with Crippen LogP contribution in [0.25, 0.3) is 0 Å². The molecule has 5 heteroatoms.